The van der Waals surface area contributed by atoms with Gasteiger partial charge in [0, 0.05) is 14.6 Å². The van der Waals surface area contributed by atoms with E-state index in [9.17, 15) is 0 Å². The smallest absolute Gasteiger partial charge is 0.0700 e. The van der Waals surface area contributed by atoms with E-state index in [4.69, 9.17) is 4.74 Å². The molecular weight excluding hydrogens is 102 g/mol. The van der Waals surface area contributed by atoms with Gasteiger partial charge in [-0.15, -0.1) is 0 Å². The van der Waals surface area contributed by atoms with E-state index >= 15 is 0 Å². The van der Waals surface area contributed by atoms with E-state index in [2.05, 4.69) is 5.32 Å². The van der Waals surface area contributed by atoms with Gasteiger partial charge in [0.05, 0.1) is 6.10 Å². The van der Waals surface area contributed by atoms with Crippen LogP contribution >= 0.6 is 0 Å². The van der Waals surface area contributed by atoms with Crippen molar-refractivity contribution in [3.05, 3.63) is 0 Å². The van der Waals surface area contributed by atoms with Gasteiger partial charge in [0.1, 0.15) is 0 Å². The SMILES string of the molecule is CNCC1CCCO1.[HH]. The Hall–Kier alpha value is -0.0800. The van der Waals surface area contributed by atoms with Gasteiger partial charge in [-0.3, -0.25) is 0 Å². The maximum Gasteiger partial charge on any atom is 0.0700 e. The molecule has 0 bridgehead atoms. The summed E-state index contributed by atoms with van der Waals surface area (Å²) in [6.07, 6.45) is 2.98. The third kappa shape index (κ3) is 1.46. The fourth-order valence-corrected chi connectivity index (χ4v) is 1.03. The number of hydrogen-bond donors (Lipinski definition) is 1. The zero-order valence-electron chi connectivity index (χ0n) is 5.31. The molecule has 0 aliphatic carbocycles. The predicted octanol–water partition coefficient (Wildman–Crippen LogP) is 0.631. The fourth-order valence-electron chi connectivity index (χ4n) is 1.03. The van der Waals surface area contributed by atoms with E-state index < -0.39 is 0 Å². The van der Waals surface area contributed by atoms with Crippen LogP contribution in [-0.2, 0) is 4.74 Å². The van der Waals surface area contributed by atoms with Crippen LogP contribution in [-0.4, -0.2) is 26.3 Å². The van der Waals surface area contributed by atoms with Gasteiger partial charge in [-0.25, -0.2) is 0 Å². The molecule has 1 aliphatic rings. The van der Waals surface area contributed by atoms with Crippen LogP contribution in [0.25, 0.3) is 0 Å². The highest BCUT2D eigenvalue weighted by Gasteiger charge is 2.12. The van der Waals surface area contributed by atoms with Crippen LogP contribution in [0.1, 0.15) is 14.3 Å². The quantitative estimate of drug-likeness (QED) is 0.573. The number of hydrogen-bond acceptors (Lipinski definition) is 2. The average Bonchev–Trinajstić information content (AvgIpc) is 2.19. The van der Waals surface area contributed by atoms with Crippen LogP contribution in [0.4, 0.5) is 0 Å². The van der Waals surface area contributed by atoms with E-state index in [1.165, 1.54) is 12.8 Å². The lowest BCUT2D eigenvalue weighted by Crippen LogP contribution is -2.22. The highest BCUT2D eigenvalue weighted by molar-refractivity contribution is 4.65. The van der Waals surface area contributed by atoms with Gasteiger partial charge in [-0.05, 0) is 19.9 Å². The summed E-state index contributed by atoms with van der Waals surface area (Å²) >= 11 is 0. The number of nitrogens with one attached hydrogen (secondary N) is 1. The summed E-state index contributed by atoms with van der Waals surface area (Å²) in [7, 11) is 1.96. The molecule has 2 heteroatoms. The van der Waals surface area contributed by atoms with E-state index in [0.29, 0.717) is 6.10 Å². The molecule has 0 aromatic rings. The first-order valence-corrected chi connectivity index (χ1v) is 3.19. The van der Waals surface area contributed by atoms with Gasteiger partial charge in [-0.1, -0.05) is 0 Å². The minimum atomic E-state index is 0. The fraction of sp³-hybridized carbons (Fsp3) is 1.00. The third-order valence-electron chi connectivity index (χ3n) is 1.46. The predicted molar refractivity (Wildman–Crippen MR) is 35.0 cm³/mol. The molecule has 1 N–H and O–H groups in total. The Morgan fingerprint density at radius 3 is 3.25 bits per heavy atom. The summed E-state index contributed by atoms with van der Waals surface area (Å²) in [6, 6.07) is 0. The lowest BCUT2D eigenvalue weighted by molar-refractivity contribution is 0.112. The van der Waals surface area contributed by atoms with Gasteiger partial charge in [-0.2, -0.15) is 0 Å². The molecule has 8 heavy (non-hydrogen) atoms. The van der Waals surface area contributed by atoms with E-state index in [-0.39, 0.29) is 1.43 Å². The Kier molecular flexibility index (Phi) is 2.30. The van der Waals surface area contributed by atoms with Crippen molar-refractivity contribution in [2.75, 3.05) is 20.2 Å². The minimum Gasteiger partial charge on any atom is -0.377 e. The second-order valence-corrected chi connectivity index (χ2v) is 2.19. The average molecular weight is 117 g/mol. The molecule has 1 atom stereocenters. The lowest BCUT2D eigenvalue weighted by atomic mass is 10.2. The minimum absolute atomic E-state index is 0. The standard InChI is InChI=1S/C6H13NO.H2/c1-7-5-6-3-2-4-8-6;/h6-7H,2-5H2,1H3;1H. The summed E-state index contributed by atoms with van der Waals surface area (Å²) in [5, 5.41) is 3.08. The Labute approximate surface area is 51.7 Å². The number of likely N-dealkylation sites (N-methyl/N-ethyl adjacent to an activating group) is 1. The highest BCUT2D eigenvalue weighted by Crippen LogP contribution is 2.09. The topological polar surface area (TPSA) is 21.3 Å². The Balaban J connectivity index is 0.000000640. The Morgan fingerprint density at radius 2 is 2.75 bits per heavy atom. The van der Waals surface area contributed by atoms with E-state index in [0.717, 1.165) is 13.2 Å². The van der Waals surface area contributed by atoms with Gasteiger partial charge in [0.15, 0.2) is 0 Å². The maximum absolute atomic E-state index is 5.33. The summed E-state index contributed by atoms with van der Waals surface area (Å²) in [5.74, 6) is 0. The molecule has 0 saturated carbocycles. The molecule has 0 aromatic carbocycles. The van der Waals surface area contributed by atoms with Crippen LogP contribution in [0.2, 0.25) is 0 Å². The molecule has 1 rings (SSSR count). The van der Waals surface area contributed by atoms with Crippen LogP contribution in [0.5, 0.6) is 0 Å². The van der Waals surface area contributed by atoms with Crippen LogP contribution in [0.3, 0.4) is 0 Å². The lowest BCUT2D eigenvalue weighted by Gasteiger charge is -2.05. The molecule has 0 amide bonds. The van der Waals surface area contributed by atoms with Crippen LogP contribution in [0, 0.1) is 0 Å². The summed E-state index contributed by atoms with van der Waals surface area (Å²) in [6.45, 7) is 1.98. The summed E-state index contributed by atoms with van der Waals surface area (Å²) < 4.78 is 5.33. The van der Waals surface area contributed by atoms with Crippen molar-refractivity contribution in [1.29, 1.82) is 0 Å². The van der Waals surface area contributed by atoms with Gasteiger partial charge in [0.25, 0.3) is 0 Å². The van der Waals surface area contributed by atoms with Crippen molar-refractivity contribution < 1.29 is 6.16 Å². The highest BCUT2D eigenvalue weighted by atomic mass is 16.5. The third-order valence-corrected chi connectivity index (χ3v) is 1.46. The van der Waals surface area contributed by atoms with Crippen molar-refractivity contribution in [3.63, 3.8) is 0 Å². The molecule has 1 saturated heterocycles. The van der Waals surface area contributed by atoms with Crippen molar-refractivity contribution in [1.82, 2.24) is 5.32 Å². The van der Waals surface area contributed by atoms with Gasteiger partial charge >= 0.3 is 0 Å². The Morgan fingerprint density at radius 1 is 1.88 bits per heavy atom. The molecule has 1 aliphatic heterocycles. The largest absolute Gasteiger partial charge is 0.377 e. The zero-order valence-corrected chi connectivity index (χ0v) is 5.31. The Bertz CT molecular complexity index is 64.1. The molecule has 2 nitrogen and oxygen atoms in total. The van der Waals surface area contributed by atoms with Crippen molar-refractivity contribution in [2.45, 2.75) is 18.9 Å². The zero-order chi connectivity index (χ0) is 5.82. The maximum atomic E-state index is 5.33. The van der Waals surface area contributed by atoms with Crippen LogP contribution in [0.15, 0.2) is 0 Å². The van der Waals surface area contributed by atoms with Crippen molar-refractivity contribution in [3.8, 4) is 0 Å². The molecule has 0 spiro atoms. The molecule has 1 unspecified atom stereocenters. The van der Waals surface area contributed by atoms with Crippen molar-refractivity contribution >= 4 is 0 Å². The second kappa shape index (κ2) is 3.05. The first kappa shape index (κ1) is 6.05. The molecular formula is C6H15NO. The van der Waals surface area contributed by atoms with E-state index in [1.54, 1.807) is 0 Å². The molecule has 0 radical (unpaired) electrons. The van der Waals surface area contributed by atoms with Crippen LogP contribution < -0.4 is 5.32 Å². The number of rotatable bonds is 2. The molecule has 1 heterocycles. The second-order valence-electron chi connectivity index (χ2n) is 2.19. The van der Waals surface area contributed by atoms with Gasteiger partial charge in [0.2, 0.25) is 0 Å². The first-order valence-electron chi connectivity index (χ1n) is 3.19. The van der Waals surface area contributed by atoms with E-state index in [1.807, 2.05) is 7.05 Å². The normalized spacial score (nSPS) is 28.9. The molecule has 50 valence electrons. The number of ether oxygens (including phenoxy) is 1. The summed E-state index contributed by atoms with van der Waals surface area (Å²) in [5.41, 5.74) is 0. The summed E-state index contributed by atoms with van der Waals surface area (Å²) in [4.78, 5) is 0. The van der Waals surface area contributed by atoms with Crippen molar-refractivity contribution in [2.24, 2.45) is 0 Å². The van der Waals surface area contributed by atoms with Gasteiger partial charge < -0.3 is 10.1 Å². The molecule has 1 fully saturated rings. The first-order chi connectivity index (χ1) is 3.93. The molecule has 0 aromatic heterocycles. The monoisotopic (exact) mass is 117 g/mol.